The molecule has 10 aromatic rings. The molecule has 9 aromatic carbocycles. The number of anilines is 3. The Balaban J connectivity index is 1.17. The molecule has 0 spiro atoms. The summed E-state index contributed by atoms with van der Waals surface area (Å²) in [5.74, 6) is 0.628. The quantitative estimate of drug-likeness (QED) is 0.0889. The van der Waals surface area contributed by atoms with E-state index < -0.39 is 8.80 Å². The second-order valence-electron chi connectivity index (χ2n) is 14.0. The van der Waals surface area contributed by atoms with E-state index >= 15 is 0 Å². The van der Waals surface area contributed by atoms with E-state index in [4.69, 9.17) is 9.40 Å². The lowest BCUT2D eigenvalue weighted by molar-refractivity contribution is 0.623. The molecule has 0 aliphatic carbocycles. The average molecular weight is 721 g/mol. The van der Waals surface area contributed by atoms with Gasteiger partial charge in [0.1, 0.15) is 14.3 Å². The Morgan fingerprint density at radius 2 is 0.927 bits per heavy atom. The van der Waals surface area contributed by atoms with E-state index in [0.29, 0.717) is 5.89 Å². The number of benzene rings is 9. The second-order valence-corrected chi connectivity index (χ2v) is 16.8. The number of hydrogen-bond acceptors (Lipinski definition) is 3. The summed E-state index contributed by atoms with van der Waals surface area (Å²) < 4.78 is 6.61. The first-order valence-corrected chi connectivity index (χ1v) is 20.5. The molecule has 3 nitrogen and oxygen atoms in total. The minimum absolute atomic E-state index is 0.628. The fourth-order valence-corrected chi connectivity index (χ4v) is 11.0. The first kappa shape index (κ1) is 32.6. The van der Waals surface area contributed by atoms with E-state index in [-0.39, 0.29) is 0 Å². The zero-order valence-electron chi connectivity index (χ0n) is 30.1. The monoisotopic (exact) mass is 720 g/mol. The summed E-state index contributed by atoms with van der Waals surface area (Å²) in [5, 5.41) is 8.62. The van der Waals surface area contributed by atoms with E-state index in [9.17, 15) is 0 Å². The van der Waals surface area contributed by atoms with Gasteiger partial charge in [0.05, 0.1) is 0 Å². The molecule has 0 fully saturated rings. The molecule has 0 saturated carbocycles. The highest BCUT2D eigenvalue weighted by molar-refractivity contribution is 6.95. The lowest BCUT2D eigenvalue weighted by Crippen LogP contribution is -2.51. The van der Waals surface area contributed by atoms with Crippen molar-refractivity contribution in [1.82, 2.24) is 4.98 Å². The van der Waals surface area contributed by atoms with E-state index in [0.717, 1.165) is 55.3 Å². The standard InChI is InChI=1S/C51H36N2OSi/c1-5-14-36(15-6-1)37-26-30-41(31-27-37)53(42-18-13-23-46(34-42)55(44-19-9-3-10-20-44)45-21-11-4-12-22-45)43-32-28-38-24-25-39-29-33-48-50(49(39)47(38)35-43)54-51(52-48)40-16-7-2-8-17-40/h1-35,55H. The Kier molecular flexibility index (Phi) is 8.36. The molecule has 0 atom stereocenters. The number of nitrogens with zero attached hydrogens (tertiary/aromatic N) is 2. The maximum Gasteiger partial charge on any atom is 0.227 e. The van der Waals surface area contributed by atoms with E-state index in [1.54, 1.807) is 0 Å². The van der Waals surface area contributed by atoms with Crippen LogP contribution < -0.4 is 20.5 Å². The third kappa shape index (κ3) is 6.19. The average Bonchev–Trinajstić information content (AvgIpc) is 3.71. The number of oxazole rings is 1. The van der Waals surface area contributed by atoms with Crippen LogP contribution in [0.4, 0.5) is 17.1 Å². The SMILES string of the molecule is c1ccc(-c2ccc(N(c3cccc([SiH](c4ccccc4)c4ccccc4)c3)c3ccc4ccc5ccc6nc(-c7ccccc7)oc6c5c4c3)cc2)cc1. The molecule has 0 aliphatic heterocycles. The minimum atomic E-state index is -1.79. The van der Waals surface area contributed by atoms with Crippen LogP contribution in [0.2, 0.25) is 0 Å². The van der Waals surface area contributed by atoms with Gasteiger partial charge in [0.2, 0.25) is 5.89 Å². The molecule has 10 rings (SSSR count). The molecule has 1 heterocycles. The van der Waals surface area contributed by atoms with Crippen LogP contribution in [0.5, 0.6) is 0 Å². The van der Waals surface area contributed by atoms with Crippen molar-refractivity contribution in [3.05, 3.63) is 212 Å². The lowest BCUT2D eigenvalue weighted by Gasteiger charge is -2.27. The van der Waals surface area contributed by atoms with Crippen molar-refractivity contribution in [3.63, 3.8) is 0 Å². The van der Waals surface area contributed by atoms with Crippen LogP contribution in [0, 0.1) is 0 Å². The summed E-state index contributed by atoms with van der Waals surface area (Å²) in [4.78, 5) is 7.33. The van der Waals surface area contributed by atoms with Crippen LogP contribution in [-0.4, -0.2) is 13.8 Å². The highest BCUT2D eigenvalue weighted by atomic mass is 28.3. The number of rotatable bonds is 8. The minimum Gasteiger partial charge on any atom is -0.435 e. The Hall–Kier alpha value is -7.01. The highest BCUT2D eigenvalue weighted by Crippen LogP contribution is 2.40. The van der Waals surface area contributed by atoms with Crippen molar-refractivity contribution in [2.75, 3.05) is 4.90 Å². The van der Waals surface area contributed by atoms with Crippen LogP contribution in [-0.2, 0) is 0 Å². The van der Waals surface area contributed by atoms with E-state index in [2.05, 4.69) is 187 Å². The van der Waals surface area contributed by atoms with Crippen LogP contribution in [0.3, 0.4) is 0 Å². The first-order chi connectivity index (χ1) is 27.3. The molecule has 0 saturated heterocycles. The molecule has 55 heavy (non-hydrogen) atoms. The van der Waals surface area contributed by atoms with Crippen molar-refractivity contribution in [2.45, 2.75) is 0 Å². The Morgan fingerprint density at radius 1 is 0.400 bits per heavy atom. The lowest BCUT2D eigenvalue weighted by atomic mass is 10.00. The van der Waals surface area contributed by atoms with Gasteiger partial charge in [-0.05, 0) is 81.9 Å². The summed E-state index contributed by atoms with van der Waals surface area (Å²) in [7, 11) is -1.79. The maximum absolute atomic E-state index is 6.61. The molecule has 0 radical (unpaired) electrons. The third-order valence-corrected chi connectivity index (χ3v) is 13.7. The molecule has 260 valence electrons. The topological polar surface area (TPSA) is 29.3 Å². The summed E-state index contributed by atoms with van der Waals surface area (Å²) in [5.41, 5.74) is 8.28. The zero-order chi connectivity index (χ0) is 36.6. The Labute approximate surface area is 322 Å². The Bertz CT molecular complexity index is 2870. The van der Waals surface area contributed by atoms with Crippen molar-refractivity contribution in [1.29, 1.82) is 0 Å². The molecule has 1 aromatic heterocycles. The summed E-state index contributed by atoms with van der Waals surface area (Å²) >= 11 is 0. The number of hydrogen-bond donors (Lipinski definition) is 0. The van der Waals surface area contributed by atoms with Gasteiger partial charge < -0.3 is 9.32 Å². The van der Waals surface area contributed by atoms with Crippen molar-refractivity contribution < 1.29 is 4.42 Å². The Morgan fingerprint density at radius 3 is 1.62 bits per heavy atom. The van der Waals surface area contributed by atoms with Crippen molar-refractivity contribution in [3.8, 4) is 22.6 Å². The molecule has 0 unspecified atom stereocenters. The van der Waals surface area contributed by atoms with Gasteiger partial charge in [-0.15, -0.1) is 0 Å². The fourth-order valence-electron chi connectivity index (χ4n) is 7.95. The van der Waals surface area contributed by atoms with Crippen molar-refractivity contribution >= 4 is 74.1 Å². The summed E-state index contributed by atoms with van der Waals surface area (Å²) in [6.45, 7) is 0. The van der Waals surface area contributed by atoms with Crippen LogP contribution in [0.15, 0.2) is 217 Å². The third-order valence-electron chi connectivity index (χ3n) is 10.6. The van der Waals surface area contributed by atoms with Gasteiger partial charge in [-0.3, -0.25) is 0 Å². The summed E-state index contributed by atoms with van der Waals surface area (Å²) in [6.07, 6.45) is 0. The van der Waals surface area contributed by atoms with Gasteiger partial charge in [0, 0.05) is 28.0 Å². The molecule has 0 N–H and O–H groups in total. The maximum atomic E-state index is 6.61. The smallest absolute Gasteiger partial charge is 0.227 e. The van der Waals surface area contributed by atoms with Crippen LogP contribution >= 0.6 is 0 Å². The zero-order valence-corrected chi connectivity index (χ0v) is 31.2. The van der Waals surface area contributed by atoms with Crippen molar-refractivity contribution in [2.24, 2.45) is 0 Å². The van der Waals surface area contributed by atoms with E-state index in [1.165, 1.54) is 26.7 Å². The van der Waals surface area contributed by atoms with Gasteiger partial charge in [-0.1, -0.05) is 173 Å². The molecular formula is C51H36N2OSi. The second kappa shape index (κ2) is 14.1. The van der Waals surface area contributed by atoms with Crippen LogP contribution in [0.1, 0.15) is 0 Å². The van der Waals surface area contributed by atoms with Gasteiger partial charge in [0.15, 0.2) is 5.58 Å². The van der Waals surface area contributed by atoms with Gasteiger partial charge in [-0.25, -0.2) is 4.98 Å². The first-order valence-electron chi connectivity index (χ1n) is 18.7. The van der Waals surface area contributed by atoms with E-state index in [1.807, 2.05) is 30.3 Å². The molecule has 0 aliphatic rings. The van der Waals surface area contributed by atoms with Gasteiger partial charge >= 0.3 is 0 Å². The predicted molar refractivity (Wildman–Crippen MR) is 234 cm³/mol. The highest BCUT2D eigenvalue weighted by Gasteiger charge is 2.22. The predicted octanol–water partition coefficient (Wildman–Crippen LogP) is 11.2. The summed E-state index contributed by atoms with van der Waals surface area (Å²) in [6, 6.07) is 76.3. The molecule has 4 heteroatoms. The fraction of sp³-hybridized carbons (Fsp3) is 0. The van der Waals surface area contributed by atoms with Gasteiger partial charge in [-0.2, -0.15) is 0 Å². The molecular weight excluding hydrogens is 685 g/mol. The van der Waals surface area contributed by atoms with Gasteiger partial charge in [0.25, 0.3) is 0 Å². The largest absolute Gasteiger partial charge is 0.435 e. The normalized spacial score (nSPS) is 11.4. The number of aromatic nitrogens is 1. The molecule has 0 amide bonds. The van der Waals surface area contributed by atoms with Crippen LogP contribution in [0.25, 0.3) is 55.2 Å². The number of fused-ring (bicyclic) bond motifs is 5. The molecule has 0 bridgehead atoms.